The van der Waals surface area contributed by atoms with Crippen LogP contribution in [0.15, 0.2) is 4.79 Å². The van der Waals surface area contributed by atoms with Gasteiger partial charge in [0.05, 0.1) is 5.56 Å². The highest BCUT2D eigenvalue weighted by molar-refractivity contribution is 5.41. The molecule has 0 aliphatic heterocycles. The van der Waals surface area contributed by atoms with Gasteiger partial charge >= 0.3 is 0 Å². The molecule has 0 radical (unpaired) electrons. The zero-order chi connectivity index (χ0) is 10.0. The van der Waals surface area contributed by atoms with Crippen molar-refractivity contribution in [3.05, 3.63) is 21.7 Å². The van der Waals surface area contributed by atoms with Gasteiger partial charge in [-0.15, -0.1) is 0 Å². The largest absolute Gasteiger partial charge is 0.373 e. The highest BCUT2D eigenvalue weighted by Gasteiger charge is 2.07. The van der Waals surface area contributed by atoms with E-state index in [4.69, 9.17) is 0 Å². The molecule has 1 rings (SSSR count). The van der Waals surface area contributed by atoms with Crippen LogP contribution in [0.5, 0.6) is 0 Å². The van der Waals surface area contributed by atoms with E-state index in [2.05, 4.69) is 15.3 Å². The van der Waals surface area contributed by atoms with Crippen molar-refractivity contribution in [1.82, 2.24) is 9.97 Å². The van der Waals surface area contributed by atoms with Crippen molar-refractivity contribution in [2.24, 2.45) is 0 Å². The van der Waals surface area contributed by atoms with Crippen LogP contribution in [0.25, 0.3) is 0 Å². The maximum Gasteiger partial charge on any atom is 0.255 e. The van der Waals surface area contributed by atoms with Gasteiger partial charge in [-0.25, -0.2) is 4.98 Å². The second-order valence-corrected chi connectivity index (χ2v) is 3.33. The molecule has 4 heteroatoms. The van der Waals surface area contributed by atoms with Crippen LogP contribution in [-0.4, -0.2) is 17.0 Å². The fraction of sp³-hybridized carbons (Fsp3) is 0.556. The van der Waals surface area contributed by atoms with Gasteiger partial charge in [-0.2, -0.15) is 0 Å². The monoisotopic (exact) mass is 181 g/mol. The van der Waals surface area contributed by atoms with E-state index in [1.165, 1.54) is 0 Å². The lowest BCUT2D eigenvalue weighted by Crippen LogP contribution is -2.17. The van der Waals surface area contributed by atoms with E-state index in [9.17, 15) is 4.79 Å². The summed E-state index contributed by atoms with van der Waals surface area (Å²) in [5.41, 5.74) is 0.565. The minimum atomic E-state index is -0.0666. The van der Waals surface area contributed by atoms with Crippen LogP contribution in [0.4, 0.5) is 5.82 Å². The molecule has 0 aliphatic rings. The molecule has 1 aromatic heterocycles. The molecule has 0 fully saturated rings. The van der Waals surface area contributed by atoms with Crippen molar-refractivity contribution in [1.29, 1.82) is 0 Å². The maximum atomic E-state index is 11.4. The van der Waals surface area contributed by atoms with Gasteiger partial charge in [-0.05, 0) is 6.92 Å². The summed E-state index contributed by atoms with van der Waals surface area (Å²) >= 11 is 0. The first-order valence-electron chi connectivity index (χ1n) is 4.34. The van der Waals surface area contributed by atoms with E-state index in [0.717, 1.165) is 5.82 Å². The van der Waals surface area contributed by atoms with Crippen LogP contribution in [0.1, 0.15) is 31.2 Å². The van der Waals surface area contributed by atoms with Crippen LogP contribution in [0.2, 0.25) is 0 Å². The van der Waals surface area contributed by atoms with E-state index in [0.29, 0.717) is 11.4 Å². The highest BCUT2D eigenvalue weighted by atomic mass is 16.1. The predicted octanol–water partition coefficient (Wildman–Crippen LogP) is 1.24. The topological polar surface area (TPSA) is 57.8 Å². The first-order chi connectivity index (χ1) is 6.06. The van der Waals surface area contributed by atoms with Gasteiger partial charge in [0, 0.05) is 13.0 Å². The zero-order valence-electron chi connectivity index (χ0n) is 8.43. The Labute approximate surface area is 77.4 Å². The van der Waals surface area contributed by atoms with Gasteiger partial charge in [0.25, 0.3) is 5.56 Å². The molecule has 0 amide bonds. The summed E-state index contributed by atoms with van der Waals surface area (Å²) in [4.78, 5) is 18.4. The van der Waals surface area contributed by atoms with Crippen LogP contribution in [-0.2, 0) is 0 Å². The molecule has 0 spiro atoms. The molecular formula is C9H15N3O. The average Bonchev–Trinajstić information content (AvgIpc) is 2.09. The van der Waals surface area contributed by atoms with Crippen molar-refractivity contribution >= 4 is 5.82 Å². The lowest BCUT2D eigenvalue weighted by atomic mass is 10.2. The minimum absolute atomic E-state index is 0.0666. The SMILES string of the molecule is CNc1nc(C(C)C)[nH]c(=O)c1C. The lowest BCUT2D eigenvalue weighted by Gasteiger charge is -2.08. The number of aromatic nitrogens is 2. The van der Waals surface area contributed by atoms with Crippen LogP contribution in [0.3, 0.4) is 0 Å². The summed E-state index contributed by atoms with van der Waals surface area (Å²) in [6.45, 7) is 5.74. The summed E-state index contributed by atoms with van der Waals surface area (Å²) in [5, 5.41) is 2.90. The molecule has 0 atom stereocenters. The second kappa shape index (κ2) is 3.60. The van der Waals surface area contributed by atoms with Crippen LogP contribution >= 0.6 is 0 Å². The number of H-pyrrole nitrogens is 1. The smallest absolute Gasteiger partial charge is 0.255 e. The molecular weight excluding hydrogens is 166 g/mol. The Morgan fingerprint density at radius 3 is 2.54 bits per heavy atom. The highest BCUT2D eigenvalue weighted by Crippen LogP contribution is 2.11. The number of hydrogen-bond donors (Lipinski definition) is 2. The maximum absolute atomic E-state index is 11.4. The fourth-order valence-corrected chi connectivity index (χ4v) is 1.07. The normalized spacial score (nSPS) is 10.5. The molecule has 1 aromatic rings. The standard InChI is InChI=1S/C9H15N3O/c1-5(2)7-11-8(10-4)6(3)9(13)12-7/h5H,1-4H3,(H2,10,11,12,13). The summed E-state index contributed by atoms with van der Waals surface area (Å²) in [6.07, 6.45) is 0. The molecule has 13 heavy (non-hydrogen) atoms. The summed E-state index contributed by atoms with van der Waals surface area (Å²) in [6, 6.07) is 0. The number of hydrogen-bond acceptors (Lipinski definition) is 3. The summed E-state index contributed by atoms with van der Waals surface area (Å²) < 4.78 is 0. The first-order valence-corrected chi connectivity index (χ1v) is 4.34. The molecule has 1 heterocycles. The lowest BCUT2D eigenvalue weighted by molar-refractivity contribution is 0.764. The number of nitrogens with one attached hydrogen (secondary N) is 2. The molecule has 0 aromatic carbocycles. The molecule has 72 valence electrons. The third-order valence-electron chi connectivity index (χ3n) is 1.95. The first kappa shape index (κ1) is 9.77. The number of aromatic amines is 1. The Morgan fingerprint density at radius 2 is 2.08 bits per heavy atom. The van der Waals surface area contributed by atoms with Crippen molar-refractivity contribution < 1.29 is 0 Å². The second-order valence-electron chi connectivity index (χ2n) is 3.33. The van der Waals surface area contributed by atoms with Gasteiger partial charge < -0.3 is 10.3 Å². The third kappa shape index (κ3) is 1.88. The quantitative estimate of drug-likeness (QED) is 0.721. The van der Waals surface area contributed by atoms with E-state index >= 15 is 0 Å². The Hall–Kier alpha value is -1.32. The van der Waals surface area contributed by atoms with E-state index in [1.54, 1.807) is 14.0 Å². The van der Waals surface area contributed by atoms with Gasteiger partial charge in [0.2, 0.25) is 0 Å². The molecule has 0 unspecified atom stereocenters. The van der Waals surface area contributed by atoms with Crippen molar-refractivity contribution in [3.8, 4) is 0 Å². The Kier molecular flexibility index (Phi) is 2.70. The van der Waals surface area contributed by atoms with Crippen molar-refractivity contribution in [3.63, 3.8) is 0 Å². The molecule has 4 nitrogen and oxygen atoms in total. The van der Waals surface area contributed by atoms with E-state index in [1.807, 2.05) is 13.8 Å². The summed E-state index contributed by atoms with van der Waals surface area (Å²) in [7, 11) is 1.76. The predicted molar refractivity (Wildman–Crippen MR) is 53.2 cm³/mol. The van der Waals surface area contributed by atoms with Gasteiger partial charge in [0.1, 0.15) is 11.6 Å². The molecule has 0 saturated heterocycles. The van der Waals surface area contributed by atoms with Crippen LogP contribution < -0.4 is 10.9 Å². The third-order valence-corrected chi connectivity index (χ3v) is 1.95. The van der Waals surface area contributed by atoms with Gasteiger partial charge in [-0.3, -0.25) is 4.79 Å². The molecule has 0 bridgehead atoms. The van der Waals surface area contributed by atoms with Gasteiger partial charge in [0.15, 0.2) is 0 Å². The number of rotatable bonds is 2. The zero-order valence-corrected chi connectivity index (χ0v) is 8.43. The van der Waals surface area contributed by atoms with Crippen LogP contribution in [0, 0.1) is 6.92 Å². The van der Waals surface area contributed by atoms with E-state index in [-0.39, 0.29) is 11.5 Å². The number of nitrogens with zero attached hydrogens (tertiary/aromatic N) is 1. The van der Waals surface area contributed by atoms with E-state index < -0.39 is 0 Å². The molecule has 0 aliphatic carbocycles. The van der Waals surface area contributed by atoms with Crippen molar-refractivity contribution in [2.45, 2.75) is 26.7 Å². The number of anilines is 1. The fourth-order valence-electron chi connectivity index (χ4n) is 1.07. The molecule has 0 saturated carbocycles. The van der Waals surface area contributed by atoms with Crippen molar-refractivity contribution in [2.75, 3.05) is 12.4 Å². The average molecular weight is 181 g/mol. The Morgan fingerprint density at radius 1 is 1.46 bits per heavy atom. The molecule has 2 N–H and O–H groups in total. The Bertz CT molecular complexity index is 354. The Balaban J connectivity index is 3.31. The minimum Gasteiger partial charge on any atom is -0.373 e. The summed E-state index contributed by atoms with van der Waals surface area (Å²) in [5.74, 6) is 1.62. The van der Waals surface area contributed by atoms with Gasteiger partial charge in [-0.1, -0.05) is 13.8 Å².